The van der Waals surface area contributed by atoms with Gasteiger partial charge in [-0.15, -0.1) is 0 Å². The van der Waals surface area contributed by atoms with Gasteiger partial charge in [0.1, 0.15) is 0 Å². The Morgan fingerprint density at radius 3 is 2.69 bits per heavy atom. The van der Waals surface area contributed by atoms with Gasteiger partial charge in [0, 0.05) is 17.7 Å². The summed E-state index contributed by atoms with van der Waals surface area (Å²) in [6.07, 6.45) is 1.03. The van der Waals surface area contributed by atoms with Crippen molar-refractivity contribution in [1.29, 1.82) is 0 Å². The molecule has 2 unspecified atom stereocenters. The van der Waals surface area contributed by atoms with Crippen molar-refractivity contribution in [3.05, 3.63) is 17.5 Å². The first-order valence-electron chi connectivity index (χ1n) is 6.38. The largest absolute Gasteiger partial charge is 0.381 e. The molecule has 0 N–H and O–H groups in total. The van der Waals surface area contributed by atoms with Crippen LogP contribution in [0.4, 0.5) is 0 Å². The molecule has 1 aromatic rings. The van der Waals surface area contributed by atoms with Crippen molar-refractivity contribution in [2.45, 2.75) is 39.2 Å². The first-order chi connectivity index (χ1) is 7.72. The Kier molecular flexibility index (Phi) is 2.32. The highest BCUT2D eigenvalue weighted by atomic mass is 16.5. The van der Waals surface area contributed by atoms with Crippen LogP contribution in [0.2, 0.25) is 0 Å². The van der Waals surface area contributed by atoms with E-state index in [0.717, 1.165) is 37.4 Å². The summed E-state index contributed by atoms with van der Waals surface area (Å²) in [6, 6.07) is 2.78. The van der Waals surface area contributed by atoms with E-state index in [4.69, 9.17) is 9.84 Å². The minimum atomic E-state index is 0.470. The van der Waals surface area contributed by atoms with Gasteiger partial charge in [-0.3, -0.25) is 4.68 Å². The van der Waals surface area contributed by atoms with Crippen LogP contribution in [0.25, 0.3) is 0 Å². The molecule has 3 nitrogen and oxygen atoms in total. The molecule has 1 aliphatic carbocycles. The minimum Gasteiger partial charge on any atom is -0.381 e. The van der Waals surface area contributed by atoms with Crippen LogP contribution in [-0.2, 0) is 11.2 Å². The van der Waals surface area contributed by atoms with Gasteiger partial charge in [-0.05, 0) is 38.2 Å². The smallest absolute Gasteiger partial charge is 0.0625 e. The summed E-state index contributed by atoms with van der Waals surface area (Å²) in [6.45, 7) is 8.52. The van der Waals surface area contributed by atoms with Gasteiger partial charge in [0.15, 0.2) is 0 Å². The van der Waals surface area contributed by atoms with Crippen molar-refractivity contribution in [1.82, 2.24) is 9.78 Å². The Labute approximate surface area is 96.8 Å². The molecule has 1 saturated carbocycles. The molecule has 0 radical (unpaired) electrons. The Morgan fingerprint density at radius 2 is 2.12 bits per heavy atom. The molecule has 2 atom stereocenters. The summed E-state index contributed by atoms with van der Waals surface area (Å²) in [7, 11) is 0. The van der Waals surface area contributed by atoms with Crippen LogP contribution in [0, 0.1) is 11.8 Å². The van der Waals surface area contributed by atoms with Crippen molar-refractivity contribution in [2.75, 3.05) is 13.2 Å². The number of hydrogen-bond donors (Lipinski definition) is 0. The van der Waals surface area contributed by atoms with Crippen molar-refractivity contribution >= 4 is 0 Å². The lowest BCUT2D eigenvalue weighted by atomic mass is 10.2. The average Bonchev–Trinajstić information content (AvgIpc) is 2.74. The van der Waals surface area contributed by atoms with E-state index in [1.165, 1.54) is 11.4 Å². The maximum absolute atomic E-state index is 5.46. The number of rotatable bonds is 3. The van der Waals surface area contributed by atoms with Gasteiger partial charge < -0.3 is 4.74 Å². The lowest BCUT2D eigenvalue weighted by Crippen LogP contribution is -2.09. The number of nitrogens with zero attached hydrogens (tertiary/aromatic N) is 2. The number of ether oxygens (including phenoxy) is 1. The number of hydrogen-bond acceptors (Lipinski definition) is 2. The number of fused-ring (bicyclic) bond motifs is 1. The molecule has 0 aromatic carbocycles. The van der Waals surface area contributed by atoms with E-state index in [1.807, 2.05) is 0 Å². The first kappa shape index (κ1) is 10.3. The summed E-state index contributed by atoms with van der Waals surface area (Å²) in [5, 5.41) is 4.69. The van der Waals surface area contributed by atoms with Crippen molar-refractivity contribution in [3.8, 4) is 0 Å². The third-order valence-corrected chi connectivity index (χ3v) is 3.96. The van der Waals surface area contributed by atoms with Crippen LogP contribution in [0.5, 0.6) is 0 Å². The maximum atomic E-state index is 5.46. The number of aromatic nitrogens is 2. The Morgan fingerprint density at radius 1 is 1.44 bits per heavy atom. The highest BCUT2D eigenvalue weighted by Gasteiger charge is 2.56. The molecule has 0 amide bonds. The molecule has 1 saturated heterocycles. The lowest BCUT2D eigenvalue weighted by Gasteiger charge is -2.12. The molecule has 2 heterocycles. The Balaban J connectivity index is 1.91. The summed E-state index contributed by atoms with van der Waals surface area (Å²) in [5.74, 6) is 2.28. The molecular weight excluding hydrogens is 200 g/mol. The molecule has 1 aliphatic heterocycles. The average molecular weight is 220 g/mol. The second-order valence-corrected chi connectivity index (χ2v) is 5.34. The van der Waals surface area contributed by atoms with Gasteiger partial charge in [-0.1, -0.05) is 6.92 Å². The Bertz CT molecular complexity index is 387. The van der Waals surface area contributed by atoms with Gasteiger partial charge in [0.05, 0.1) is 18.9 Å². The third kappa shape index (κ3) is 1.41. The predicted molar refractivity (Wildman–Crippen MR) is 62.5 cm³/mol. The lowest BCUT2D eigenvalue weighted by molar-refractivity contribution is 0.159. The summed E-state index contributed by atoms with van der Waals surface area (Å²) in [5.41, 5.74) is 2.68. The molecule has 0 spiro atoms. The predicted octanol–water partition coefficient (Wildman–Crippen LogP) is 2.39. The van der Waals surface area contributed by atoms with E-state index in [0.29, 0.717) is 6.04 Å². The fourth-order valence-electron chi connectivity index (χ4n) is 2.98. The van der Waals surface area contributed by atoms with E-state index >= 15 is 0 Å². The zero-order valence-corrected chi connectivity index (χ0v) is 10.3. The van der Waals surface area contributed by atoms with Crippen LogP contribution >= 0.6 is 0 Å². The van der Waals surface area contributed by atoms with Crippen molar-refractivity contribution in [2.24, 2.45) is 11.8 Å². The standard InChI is InChI=1S/C13H20N2O/c1-4-9-5-12(15(14-9)8(2)3)13-10-6-16-7-11(10)13/h5,8,10-11,13H,4,6-7H2,1-3H3. The fourth-order valence-corrected chi connectivity index (χ4v) is 2.98. The maximum Gasteiger partial charge on any atom is 0.0625 e. The first-order valence-corrected chi connectivity index (χ1v) is 6.38. The van der Waals surface area contributed by atoms with Crippen LogP contribution in [0.3, 0.4) is 0 Å². The summed E-state index contributed by atoms with van der Waals surface area (Å²) in [4.78, 5) is 0. The van der Waals surface area contributed by atoms with Crippen LogP contribution in [0.15, 0.2) is 6.07 Å². The highest BCUT2D eigenvalue weighted by Crippen LogP contribution is 2.57. The van der Waals surface area contributed by atoms with E-state index in [2.05, 4.69) is 31.5 Å². The normalized spacial score (nSPS) is 32.1. The zero-order valence-electron chi connectivity index (χ0n) is 10.3. The van der Waals surface area contributed by atoms with E-state index in [1.54, 1.807) is 0 Å². The van der Waals surface area contributed by atoms with Gasteiger partial charge >= 0.3 is 0 Å². The molecule has 2 fully saturated rings. The van der Waals surface area contributed by atoms with Crippen molar-refractivity contribution < 1.29 is 4.74 Å². The van der Waals surface area contributed by atoms with Gasteiger partial charge in [0.25, 0.3) is 0 Å². The summed E-state index contributed by atoms with van der Waals surface area (Å²) < 4.78 is 7.69. The van der Waals surface area contributed by atoms with Gasteiger partial charge in [-0.2, -0.15) is 5.10 Å². The summed E-state index contributed by atoms with van der Waals surface area (Å²) >= 11 is 0. The molecule has 3 rings (SSSR count). The molecule has 1 aromatic heterocycles. The second kappa shape index (κ2) is 3.59. The third-order valence-electron chi connectivity index (χ3n) is 3.96. The van der Waals surface area contributed by atoms with Crippen LogP contribution in [0.1, 0.15) is 44.1 Å². The van der Waals surface area contributed by atoms with E-state index < -0.39 is 0 Å². The van der Waals surface area contributed by atoms with E-state index in [-0.39, 0.29) is 0 Å². The highest BCUT2D eigenvalue weighted by molar-refractivity contribution is 5.26. The SMILES string of the molecule is CCc1cc(C2C3COCC32)n(C(C)C)n1. The van der Waals surface area contributed by atoms with Crippen molar-refractivity contribution in [3.63, 3.8) is 0 Å². The number of aryl methyl sites for hydroxylation is 1. The molecule has 88 valence electrons. The quantitative estimate of drug-likeness (QED) is 0.782. The topological polar surface area (TPSA) is 27.1 Å². The minimum absolute atomic E-state index is 0.470. The van der Waals surface area contributed by atoms with Gasteiger partial charge in [0.2, 0.25) is 0 Å². The molecule has 0 bridgehead atoms. The van der Waals surface area contributed by atoms with Gasteiger partial charge in [-0.25, -0.2) is 0 Å². The second-order valence-electron chi connectivity index (χ2n) is 5.34. The van der Waals surface area contributed by atoms with Crippen LogP contribution < -0.4 is 0 Å². The monoisotopic (exact) mass is 220 g/mol. The molecule has 3 heteroatoms. The van der Waals surface area contributed by atoms with Crippen LogP contribution in [-0.4, -0.2) is 23.0 Å². The fraction of sp³-hybridized carbons (Fsp3) is 0.769. The molecule has 2 aliphatic rings. The Hall–Kier alpha value is -0.830. The molecule has 16 heavy (non-hydrogen) atoms. The van der Waals surface area contributed by atoms with E-state index in [9.17, 15) is 0 Å². The molecular formula is C13H20N2O. The zero-order chi connectivity index (χ0) is 11.3.